The number of carbonyl (C=O) groups is 1. The Labute approximate surface area is 144 Å². The number of unbranched alkanes of at least 4 members (excludes halogenated alkanes) is 2. The summed E-state index contributed by atoms with van der Waals surface area (Å²) in [7, 11) is 0. The number of amides is 1. The van der Waals surface area contributed by atoms with Gasteiger partial charge in [0.05, 0.1) is 5.33 Å². The van der Waals surface area contributed by atoms with Crippen molar-refractivity contribution in [3.05, 3.63) is 0 Å². The van der Waals surface area contributed by atoms with Crippen LogP contribution in [0.25, 0.3) is 0 Å². The molecule has 0 heterocycles. The highest BCUT2D eigenvalue weighted by Crippen LogP contribution is 2.61. The molecule has 2 nitrogen and oxygen atoms in total. The van der Waals surface area contributed by atoms with E-state index in [0.29, 0.717) is 16.7 Å². The van der Waals surface area contributed by atoms with Crippen LogP contribution in [-0.2, 0) is 4.79 Å². The second kappa shape index (κ2) is 7.23. The SMILES string of the molecule is CCCCCN(CCC12CC3CC(CC(C3)C1)C2)C(=O)CBr. The normalized spacial score (nSPS) is 35.8. The number of halogens is 1. The lowest BCUT2D eigenvalue weighted by molar-refractivity contribution is -0.129. The highest BCUT2D eigenvalue weighted by Gasteiger charge is 2.50. The minimum Gasteiger partial charge on any atom is -0.342 e. The molecule has 4 bridgehead atoms. The van der Waals surface area contributed by atoms with Crippen LogP contribution in [0.15, 0.2) is 0 Å². The fourth-order valence-corrected chi connectivity index (χ4v) is 6.32. The van der Waals surface area contributed by atoms with E-state index in [0.717, 1.165) is 37.3 Å². The Morgan fingerprint density at radius 2 is 1.64 bits per heavy atom. The average Bonchev–Trinajstić information content (AvgIpc) is 2.48. The average molecular weight is 370 g/mol. The first kappa shape index (κ1) is 16.8. The smallest absolute Gasteiger partial charge is 0.233 e. The van der Waals surface area contributed by atoms with Gasteiger partial charge in [-0.3, -0.25) is 4.79 Å². The van der Waals surface area contributed by atoms with Gasteiger partial charge in [0.1, 0.15) is 0 Å². The largest absolute Gasteiger partial charge is 0.342 e. The summed E-state index contributed by atoms with van der Waals surface area (Å²) in [5.74, 6) is 3.35. The lowest BCUT2D eigenvalue weighted by Gasteiger charge is -2.57. The van der Waals surface area contributed by atoms with E-state index in [2.05, 4.69) is 27.8 Å². The summed E-state index contributed by atoms with van der Waals surface area (Å²) >= 11 is 3.37. The van der Waals surface area contributed by atoms with Crippen LogP contribution in [0, 0.1) is 23.2 Å². The Morgan fingerprint density at radius 1 is 1.05 bits per heavy atom. The summed E-state index contributed by atoms with van der Waals surface area (Å²) in [6, 6.07) is 0. The van der Waals surface area contributed by atoms with E-state index in [1.54, 1.807) is 0 Å². The minimum atomic E-state index is 0.292. The lowest BCUT2D eigenvalue weighted by atomic mass is 9.49. The number of rotatable bonds is 8. The van der Waals surface area contributed by atoms with Gasteiger partial charge in [-0.15, -0.1) is 0 Å². The van der Waals surface area contributed by atoms with Gasteiger partial charge in [-0.05, 0) is 74.5 Å². The van der Waals surface area contributed by atoms with Gasteiger partial charge in [0, 0.05) is 13.1 Å². The monoisotopic (exact) mass is 369 g/mol. The molecule has 4 saturated carbocycles. The van der Waals surface area contributed by atoms with Crippen molar-refractivity contribution in [1.29, 1.82) is 0 Å². The van der Waals surface area contributed by atoms with E-state index >= 15 is 0 Å². The molecule has 4 aliphatic rings. The molecule has 0 unspecified atom stereocenters. The molecule has 0 atom stereocenters. The van der Waals surface area contributed by atoms with E-state index in [1.807, 2.05) is 0 Å². The van der Waals surface area contributed by atoms with Gasteiger partial charge in [-0.25, -0.2) is 0 Å². The fraction of sp³-hybridized carbons (Fsp3) is 0.947. The molecule has 0 aromatic heterocycles. The number of hydrogen-bond acceptors (Lipinski definition) is 1. The standard InChI is InChI=1S/C19H32BrNO/c1-2-3-4-6-21(18(22)14-20)7-5-19-11-15-8-16(12-19)10-17(9-15)13-19/h15-17H,2-14H2,1H3. The van der Waals surface area contributed by atoms with Crippen LogP contribution in [0.5, 0.6) is 0 Å². The van der Waals surface area contributed by atoms with Crippen LogP contribution in [0.2, 0.25) is 0 Å². The maximum Gasteiger partial charge on any atom is 0.233 e. The zero-order valence-electron chi connectivity index (χ0n) is 14.2. The Bertz CT molecular complexity index is 360. The van der Waals surface area contributed by atoms with Crippen LogP contribution < -0.4 is 0 Å². The molecule has 0 aromatic carbocycles. The summed E-state index contributed by atoms with van der Waals surface area (Å²) in [5, 5.41) is 0.486. The maximum absolute atomic E-state index is 12.2. The van der Waals surface area contributed by atoms with Crippen molar-refractivity contribution < 1.29 is 4.79 Å². The molecule has 4 fully saturated rings. The molecule has 0 radical (unpaired) electrons. The van der Waals surface area contributed by atoms with Crippen molar-refractivity contribution in [2.24, 2.45) is 23.2 Å². The molecule has 1 amide bonds. The van der Waals surface area contributed by atoms with E-state index in [-0.39, 0.29) is 0 Å². The van der Waals surface area contributed by atoms with Gasteiger partial charge in [0.2, 0.25) is 5.91 Å². The summed E-state index contributed by atoms with van der Waals surface area (Å²) in [4.78, 5) is 14.3. The fourth-order valence-electron chi connectivity index (χ4n) is 5.97. The first-order chi connectivity index (χ1) is 10.6. The third-order valence-corrected chi connectivity index (χ3v) is 7.06. The number of alkyl halides is 1. The Balaban J connectivity index is 1.56. The van der Waals surface area contributed by atoms with Crippen molar-refractivity contribution in [2.45, 2.75) is 71.1 Å². The Morgan fingerprint density at radius 3 is 2.14 bits per heavy atom. The van der Waals surface area contributed by atoms with Crippen molar-refractivity contribution in [1.82, 2.24) is 4.90 Å². The lowest BCUT2D eigenvalue weighted by Crippen LogP contribution is -2.47. The molecule has 0 spiro atoms. The van der Waals surface area contributed by atoms with E-state index in [4.69, 9.17) is 0 Å². The molecule has 0 saturated heterocycles. The third kappa shape index (κ3) is 3.71. The molecule has 126 valence electrons. The Kier molecular flexibility index (Phi) is 5.52. The molecular formula is C19H32BrNO. The van der Waals surface area contributed by atoms with Gasteiger partial charge in [0.15, 0.2) is 0 Å². The van der Waals surface area contributed by atoms with E-state index in [1.165, 1.54) is 57.8 Å². The summed E-state index contributed by atoms with van der Waals surface area (Å²) in [5.41, 5.74) is 0.602. The third-order valence-electron chi connectivity index (χ3n) is 6.58. The highest BCUT2D eigenvalue weighted by molar-refractivity contribution is 9.09. The first-order valence-corrected chi connectivity index (χ1v) is 10.6. The van der Waals surface area contributed by atoms with Crippen molar-refractivity contribution in [2.75, 3.05) is 18.4 Å². The topological polar surface area (TPSA) is 20.3 Å². The van der Waals surface area contributed by atoms with Crippen molar-refractivity contribution in [3.8, 4) is 0 Å². The predicted octanol–water partition coefficient (Wildman–Crippen LogP) is 5.01. The second-order valence-corrected chi connectivity index (χ2v) is 8.95. The van der Waals surface area contributed by atoms with Gasteiger partial charge in [-0.1, -0.05) is 35.7 Å². The van der Waals surface area contributed by atoms with Gasteiger partial charge >= 0.3 is 0 Å². The zero-order chi connectivity index (χ0) is 15.6. The zero-order valence-corrected chi connectivity index (χ0v) is 15.7. The number of nitrogens with zero attached hydrogens (tertiary/aromatic N) is 1. The quantitative estimate of drug-likeness (QED) is 0.435. The van der Waals surface area contributed by atoms with Crippen LogP contribution in [0.1, 0.15) is 71.1 Å². The number of carbonyl (C=O) groups excluding carboxylic acids is 1. The highest BCUT2D eigenvalue weighted by atomic mass is 79.9. The molecule has 0 aromatic rings. The molecule has 0 aliphatic heterocycles. The van der Waals surface area contributed by atoms with Gasteiger partial charge < -0.3 is 4.90 Å². The van der Waals surface area contributed by atoms with Crippen molar-refractivity contribution >= 4 is 21.8 Å². The molecule has 4 aliphatic carbocycles. The molecular weight excluding hydrogens is 338 g/mol. The maximum atomic E-state index is 12.2. The first-order valence-electron chi connectivity index (χ1n) is 9.48. The molecule has 0 N–H and O–H groups in total. The van der Waals surface area contributed by atoms with Crippen LogP contribution >= 0.6 is 15.9 Å². The Hall–Kier alpha value is -0.0500. The number of hydrogen-bond donors (Lipinski definition) is 0. The summed E-state index contributed by atoms with van der Waals surface area (Å²) < 4.78 is 0. The van der Waals surface area contributed by atoms with Gasteiger partial charge in [-0.2, -0.15) is 0 Å². The van der Waals surface area contributed by atoms with Crippen LogP contribution in [-0.4, -0.2) is 29.2 Å². The molecule has 3 heteroatoms. The van der Waals surface area contributed by atoms with Crippen molar-refractivity contribution in [3.63, 3.8) is 0 Å². The van der Waals surface area contributed by atoms with Gasteiger partial charge in [0.25, 0.3) is 0 Å². The summed E-state index contributed by atoms with van der Waals surface area (Å²) in [6.45, 7) is 4.19. The predicted molar refractivity (Wildman–Crippen MR) is 95.1 cm³/mol. The minimum absolute atomic E-state index is 0.292. The second-order valence-electron chi connectivity index (χ2n) is 8.39. The van der Waals surface area contributed by atoms with E-state index < -0.39 is 0 Å². The molecule has 4 rings (SSSR count). The molecule has 22 heavy (non-hydrogen) atoms. The summed E-state index contributed by atoms with van der Waals surface area (Å²) in [6.07, 6.45) is 13.8. The van der Waals surface area contributed by atoms with Crippen LogP contribution in [0.3, 0.4) is 0 Å². The van der Waals surface area contributed by atoms with Crippen LogP contribution in [0.4, 0.5) is 0 Å². The van der Waals surface area contributed by atoms with E-state index in [9.17, 15) is 4.79 Å².